The fraction of sp³-hybridized carbons (Fsp3) is 0.0769. The van der Waals surface area contributed by atoms with E-state index in [2.05, 4.69) is 5.43 Å². The number of aliphatic hydroxyl groups is 1. The Bertz CT molecular complexity index is 1230. The van der Waals surface area contributed by atoms with Crippen LogP contribution in [-0.4, -0.2) is 24.0 Å². The summed E-state index contributed by atoms with van der Waals surface area (Å²) in [5.41, 5.74) is 1.67. The molecule has 0 spiro atoms. The number of benzene rings is 3. The number of nitrogens with one attached hydrogen (secondary N) is 1. The lowest BCUT2D eigenvalue weighted by atomic mass is 9.90. The number of rotatable bonds is 6. The molecule has 7 heteroatoms. The zero-order valence-corrected chi connectivity index (χ0v) is 18.7. The number of methoxy groups -OCH3 is 1. The summed E-state index contributed by atoms with van der Waals surface area (Å²) in [6.07, 6.45) is 0. The molecule has 4 rings (SSSR count). The Labute approximate surface area is 195 Å². The first kappa shape index (κ1) is 22.3. The highest BCUT2D eigenvalue weighted by Gasteiger charge is 2.44. The number of nitrogens with zero attached hydrogens (tertiary/aromatic N) is 1. The molecule has 2 N–H and O–H groups in total. The fourth-order valence-electron chi connectivity index (χ4n) is 3.50. The lowest BCUT2D eigenvalue weighted by Crippen LogP contribution is -2.54. The van der Waals surface area contributed by atoms with E-state index in [-0.39, 0.29) is 5.56 Å². The number of thiophene rings is 1. The van der Waals surface area contributed by atoms with Crippen LogP contribution in [0.4, 0.5) is 5.69 Å². The Morgan fingerprint density at radius 1 is 0.879 bits per heavy atom. The number of anilines is 1. The van der Waals surface area contributed by atoms with Crippen LogP contribution in [0, 0.1) is 0 Å². The smallest absolute Gasteiger partial charge is 0.281 e. The predicted molar refractivity (Wildman–Crippen MR) is 128 cm³/mol. The molecule has 0 aliphatic rings. The minimum Gasteiger partial charge on any atom is -0.496 e. The average Bonchev–Trinajstić information content (AvgIpc) is 3.43. The molecular formula is C26H22N2O4S. The van der Waals surface area contributed by atoms with Gasteiger partial charge in [-0.05, 0) is 41.8 Å². The monoisotopic (exact) mass is 458 g/mol. The number of carbonyl (C=O) groups excluding carboxylic acids is 2. The van der Waals surface area contributed by atoms with Crippen LogP contribution in [0.2, 0.25) is 0 Å². The van der Waals surface area contributed by atoms with Crippen LogP contribution >= 0.6 is 11.3 Å². The second-order valence-corrected chi connectivity index (χ2v) is 8.12. The Hall–Kier alpha value is -3.94. The Kier molecular flexibility index (Phi) is 6.53. The van der Waals surface area contributed by atoms with Crippen molar-refractivity contribution in [1.29, 1.82) is 0 Å². The van der Waals surface area contributed by atoms with Crippen molar-refractivity contribution in [2.24, 2.45) is 0 Å². The first-order valence-electron chi connectivity index (χ1n) is 10.2. The summed E-state index contributed by atoms with van der Waals surface area (Å²) in [5.74, 6) is -0.879. The number of amides is 2. The van der Waals surface area contributed by atoms with Gasteiger partial charge in [0, 0.05) is 11.1 Å². The summed E-state index contributed by atoms with van der Waals surface area (Å²) in [6.45, 7) is 0. The van der Waals surface area contributed by atoms with Gasteiger partial charge in [0.05, 0.1) is 17.7 Å². The van der Waals surface area contributed by atoms with E-state index in [1.807, 2.05) is 6.07 Å². The van der Waals surface area contributed by atoms with Crippen molar-refractivity contribution >= 4 is 28.8 Å². The van der Waals surface area contributed by atoms with Crippen molar-refractivity contribution < 1.29 is 19.4 Å². The van der Waals surface area contributed by atoms with Crippen molar-refractivity contribution in [2.45, 2.75) is 5.60 Å². The van der Waals surface area contributed by atoms with Gasteiger partial charge in [0.2, 0.25) is 5.60 Å². The van der Waals surface area contributed by atoms with Crippen LogP contribution in [-0.2, 0) is 10.4 Å². The second kappa shape index (κ2) is 9.68. The molecule has 0 aliphatic carbocycles. The fourth-order valence-corrected chi connectivity index (χ4v) is 4.33. The van der Waals surface area contributed by atoms with Gasteiger partial charge >= 0.3 is 0 Å². The maximum atomic E-state index is 13.7. The molecule has 0 aliphatic heterocycles. The third kappa shape index (κ3) is 4.37. The maximum Gasteiger partial charge on any atom is 0.281 e. The van der Waals surface area contributed by atoms with Crippen molar-refractivity contribution in [3.63, 3.8) is 0 Å². The Morgan fingerprint density at radius 3 is 2.15 bits per heavy atom. The standard InChI is InChI=1S/C26H22N2O4S/c1-32-22-16-9-8-15-21(22)26(31,23-17-10-18-33-23)25(30)27-28(20-13-6-3-7-14-20)24(29)19-11-4-2-5-12-19/h2-18,31H,1H3,(H,27,30). The number of hydrogen-bond acceptors (Lipinski definition) is 5. The molecule has 0 bridgehead atoms. The number of hydrogen-bond donors (Lipinski definition) is 2. The molecule has 1 heterocycles. The summed E-state index contributed by atoms with van der Waals surface area (Å²) in [5, 5.41) is 14.8. The first-order chi connectivity index (χ1) is 16.1. The van der Waals surface area contributed by atoms with E-state index in [9.17, 15) is 14.7 Å². The molecule has 1 atom stereocenters. The van der Waals surface area contributed by atoms with Gasteiger partial charge in [-0.1, -0.05) is 60.7 Å². The topological polar surface area (TPSA) is 78.9 Å². The second-order valence-electron chi connectivity index (χ2n) is 7.17. The normalized spacial score (nSPS) is 12.4. The van der Waals surface area contributed by atoms with Gasteiger partial charge in [-0.3, -0.25) is 15.0 Å². The van der Waals surface area contributed by atoms with Crippen molar-refractivity contribution in [3.8, 4) is 5.75 Å². The van der Waals surface area contributed by atoms with E-state index in [0.29, 0.717) is 21.9 Å². The van der Waals surface area contributed by atoms with Gasteiger partial charge in [0.25, 0.3) is 11.8 Å². The summed E-state index contributed by atoms with van der Waals surface area (Å²) in [6, 6.07) is 27.6. The molecule has 6 nitrogen and oxygen atoms in total. The molecule has 0 saturated heterocycles. The van der Waals surface area contributed by atoms with E-state index >= 15 is 0 Å². The van der Waals surface area contributed by atoms with E-state index in [4.69, 9.17) is 4.74 Å². The lowest BCUT2D eigenvalue weighted by molar-refractivity contribution is -0.136. The molecule has 0 fully saturated rings. The van der Waals surface area contributed by atoms with Gasteiger partial charge < -0.3 is 9.84 Å². The van der Waals surface area contributed by atoms with Gasteiger partial charge in [-0.2, -0.15) is 0 Å². The molecule has 166 valence electrons. The quantitative estimate of drug-likeness (QED) is 0.421. The van der Waals surface area contributed by atoms with Gasteiger partial charge in [0.15, 0.2) is 0 Å². The summed E-state index contributed by atoms with van der Waals surface area (Å²) in [4.78, 5) is 27.5. The average molecular weight is 459 g/mol. The van der Waals surface area contributed by atoms with Crippen LogP contribution < -0.4 is 15.2 Å². The molecule has 2 amide bonds. The number of para-hydroxylation sites is 2. The van der Waals surface area contributed by atoms with Crippen LogP contribution in [0.3, 0.4) is 0 Å². The van der Waals surface area contributed by atoms with E-state index < -0.39 is 17.4 Å². The highest BCUT2D eigenvalue weighted by molar-refractivity contribution is 7.10. The molecule has 1 unspecified atom stereocenters. The van der Waals surface area contributed by atoms with Crippen molar-refractivity contribution in [2.75, 3.05) is 12.1 Å². The molecule has 3 aromatic carbocycles. The zero-order valence-electron chi connectivity index (χ0n) is 17.8. The summed E-state index contributed by atoms with van der Waals surface area (Å²) >= 11 is 1.23. The van der Waals surface area contributed by atoms with Crippen molar-refractivity contribution in [1.82, 2.24) is 5.43 Å². The Balaban J connectivity index is 1.79. The van der Waals surface area contributed by atoms with Crippen LogP contribution in [0.1, 0.15) is 20.8 Å². The van der Waals surface area contributed by atoms with Crippen molar-refractivity contribution in [3.05, 3.63) is 118 Å². The molecule has 1 aromatic heterocycles. The predicted octanol–water partition coefficient (Wildman–Crippen LogP) is 4.37. The molecule has 33 heavy (non-hydrogen) atoms. The highest BCUT2D eigenvalue weighted by Crippen LogP contribution is 2.38. The van der Waals surface area contributed by atoms with Crippen LogP contribution in [0.25, 0.3) is 0 Å². The zero-order chi connectivity index (χ0) is 23.3. The summed E-state index contributed by atoms with van der Waals surface area (Å²) < 4.78 is 5.43. The maximum absolute atomic E-state index is 13.7. The minimum atomic E-state index is -2.09. The number of carbonyl (C=O) groups is 2. The van der Waals surface area contributed by atoms with Crippen LogP contribution in [0.5, 0.6) is 5.75 Å². The molecule has 0 radical (unpaired) electrons. The van der Waals surface area contributed by atoms with E-state index in [0.717, 1.165) is 5.01 Å². The Morgan fingerprint density at radius 2 is 1.52 bits per heavy atom. The molecule has 0 saturated carbocycles. The minimum absolute atomic E-state index is 0.271. The largest absolute Gasteiger partial charge is 0.496 e. The highest BCUT2D eigenvalue weighted by atomic mass is 32.1. The number of ether oxygens (including phenoxy) is 1. The summed E-state index contributed by atoms with van der Waals surface area (Å²) in [7, 11) is 1.47. The molecular weight excluding hydrogens is 436 g/mol. The van der Waals surface area contributed by atoms with Gasteiger partial charge in [-0.15, -0.1) is 11.3 Å². The first-order valence-corrected chi connectivity index (χ1v) is 11.1. The molecule has 4 aromatic rings. The van der Waals surface area contributed by atoms with Gasteiger partial charge in [0.1, 0.15) is 5.75 Å². The van der Waals surface area contributed by atoms with Crippen LogP contribution in [0.15, 0.2) is 102 Å². The van der Waals surface area contributed by atoms with Gasteiger partial charge in [-0.25, -0.2) is 5.01 Å². The number of hydrazine groups is 1. The SMILES string of the molecule is COc1ccccc1C(O)(C(=O)NN(C(=O)c1ccccc1)c1ccccc1)c1cccs1. The van der Waals surface area contributed by atoms with E-state index in [1.165, 1.54) is 18.4 Å². The third-order valence-corrected chi connectivity index (χ3v) is 6.13. The van der Waals surface area contributed by atoms with E-state index in [1.54, 1.807) is 96.4 Å². The lowest BCUT2D eigenvalue weighted by Gasteiger charge is -2.31. The third-order valence-electron chi connectivity index (χ3n) is 5.15.